The van der Waals surface area contributed by atoms with Crippen LogP contribution in [-0.4, -0.2) is 76.8 Å². The summed E-state index contributed by atoms with van der Waals surface area (Å²) in [7, 11) is 0. The second kappa shape index (κ2) is 12.2. The molecule has 0 unspecified atom stereocenters. The highest BCUT2D eigenvalue weighted by Gasteiger charge is 2.22. The maximum absolute atomic E-state index is 12.5. The second-order valence-electron chi connectivity index (χ2n) is 7.58. The van der Waals surface area contributed by atoms with Gasteiger partial charge in [0.1, 0.15) is 5.75 Å². The highest BCUT2D eigenvalue weighted by molar-refractivity contribution is 8.13. The molecule has 0 spiro atoms. The summed E-state index contributed by atoms with van der Waals surface area (Å²) in [6, 6.07) is 5.71. The number of fused-ring (bicyclic) bond motifs is 1. The normalized spacial score (nSPS) is 14.5. The molecule has 3 rings (SSSR count). The Labute approximate surface area is 196 Å². The fourth-order valence-electron chi connectivity index (χ4n) is 3.48. The number of anilines is 1. The van der Waals surface area contributed by atoms with Crippen molar-refractivity contribution in [2.24, 2.45) is 0 Å². The van der Waals surface area contributed by atoms with Crippen molar-refractivity contribution in [3.8, 4) is 5.75 Å². The summed E-state index contributed by atoms with van der Waals surface area (Å²) in [5.74, 6) is 1.62. The zero-order chi connectivity index (χ0) is 22.9. The van der Waals surface area contributed by atoms with Crippen molar-refractivity contribution < 1.29 is 19.1 Å². The Morgan fingerprint density at radius 2 is 1.97 bits per heavy atom. The Balaban J connectivity index is 1.38. The molecule has 2 aromatic rings. The van der Waals surface area contributed by atoms with Crippen molar-refractivity contribution >= 4 is 55.4 Å². The predicted molar refractivity (Wildman–Crippen MR) is 129 cm³/mol. The van der Waals surface area contributed by atoms with Crippen LogP contribution in [-0.2, 0) is 14.4 Å². The number of carbonyl (C=O) groups is 3. The quantitative estimate of drug-likeness (QED) is 0.524. The molecule has 10 heteroatoms. The molecule has 0 atom stereocenters. The van der Waals surface area contributed by atoms with E-state index < -0.39 is 0 Å². The van der Waals surface area contributed by atoms with E-state index in [2.05, 4.69) is 15.2 Å². The number of amides is 2. The van der Waals surface area contributed by atoms with Gasteiger partial charge in [-0.05, 0) is 38.0 Å². The highest BCUT2D eigenvalue weighted by atomic mass is 32.2. The average molecular weight is 479 g/mol. The van der Waals surface area contributed by atoms with Crippen LogP contribution in [0.4, 0.5) is 5.13 Å². The third-order valence-electron chi connectivity index (χ3n) is 5.10. The van der Waals surface area contributed by atoms with Gasteiger partial charge >= 0.3 is 0 Å². The fourth-order valence-corrected chi connectivity index (χ4v) is 5.03. The molecule has 1 aliphatic rings. The van der Waals surface area contributed by atoms with Gasteiger partial charge in [-0.25, -0.2) is 4.98 Å². The molecule has 1 aliphatic heterocycles. The number of nitrogens with one attached hydrogen (secondary N) is 1. The molecule has 1 aromatic carbocycles. The van der Waals surface area contributed by atoms with E-state index in [0.29, 0.717) is 44.3 Å². The van der Waals surface area contributed by atoms with Gasteiger partial charge in [0.15, 0.2) is 10.2 Å². The minimum Gasteiger partial charge on any atom is -0.494 e. The van der Waals surface area contributed by atoms with Crippen molar-refractivity contribution in [3.05, 3.63) is 18.2 Å². The SMILES string of the molecule is CCOc1ccc2nc(NC(=O)CN3CCN(C(=O)CCCCSC(C)=O)CC3)sc2c1. The van der Waals surface area contributed by atoms with Crippen molar-refractivity contribution in [3.63, 3.8) is 0 Å². The van der Waals surface area contributed by atoms with Crippen LogP contribution in [0.15, 0.2) is 18.2 Å². The minimum atomic E-state index is -0.100. The summed E-state index contributed by atoms with van der Waals surface area (Å²) in [5.41, 5.74) is 0.834. The largest absolute Gasteiger partial charge is 0.494 e. The number of nitrogens with zero attached hydrogens (tertiary/aromatic N) is 3. The number of carbonyl (C=O) groups excluding carboxylic acids is 3. The van der Waals surface area contributed by atoms with E-state index in [1.54, 1.807) is 6.92 Å². The first kappa shape index (κ1) is 24.5. The lowest BCUT2D eigenvalue weighted by Gasteiger charge is -2.34. The van der Waals surface area contributed by atoms with Crippen LogP contribution in [0.5, 0.6) is 5.75 Å². The van der Waals surface area contributed by atoms with E-state index in [1.165, 1.54) is 23.1 Å². The van der Waals surface area contributed by atoms with Gasteiger partial charge in [-0.15, -0.1) is 0 Å². The number of unbranched alkanes of at least 4 members (excludes halogenated alkanes) is 1. The number of piperazine rings is 1. The van der Waals surface area contributed by atoms with Crippen LogP contribution in [0.25, 0.3) is 10.2 Å². The summed E-state index contributed by atoms with van der Waals surface area (Å²) < 4.78 is 6.49. The van der Waals surface area contributed by atoms with Gasteiger partial charge in [-0.3, -0.25) is 19.3 Å². The maximum Gasteiger partial charge on any atom is 0.240 e. The molecule has 32 heavy (non-hydrogen) atoms. The van der Waals surface area contributed by atoms with Gasteiger partial charge in [0.2, 0.25) is 11.8 Å². The third kappa shape index (κ3) is 7.46. The highest BCUT2D eigenvalue weighted by Crippen LogP contribution is 2.29. The zero-order valence-electron chi connectivity index (χ0n) is 18.6. The lowest BCUT2D eigenvalue weighted by molar-refractivity contribution is -0.133. The first-order valence-electron chi connectivity index (χ1n) is 10.9. The molecular formula is C22H30N4O4S2. The Bertz CT molecular complexity index is 941. The number of ether oxygens (including phenoxy) is 1. The van der Waals surface area contributed by atoms with Crippen molar-refractivity contribution in [2.45, 2.75) is 33.1 Å². The second-order valence-corrected chi connectivity index (χ2v) is 9.89. The summed E-state index contributed by atoms with van der Waals surface area (Å²) in [6.45, 7) is 7.01. The maximum atomic E-state index is 12.5. The van der Waals surface area contributed by atoms with Crippen molar-refractivity contribution in [1.82, 2.24) is 14.8 Å². The number of benzene rings is 1. The molecule has 1 N–H and O–H groups in total. The van der Waals surface area contributed by atoms with Gasteiger partial charge in [-0.1, -0.05) is 23.1 Å². The number of hydrogen-bond donors (Lipinski definition) is 1. The van der Waals surface area contributed by atoms with Crippen LogP contribution in [0.2, 0.25) is 0 Å². The van der Waals surface area contributed by atoms with Crippen LogP contribution in [0, 0.1) is 0 Å². The van der Waals surface area contributed by atoms with Crippen molar-refractivity contribution in [2.75, 3.05) is 50.4 Å². The molecular weight excluding hydrogens is 448 g/mol. The van der Waals surface area contributed by atoms with Gasteiger partial charge in [0, 0.05) is 45.3 Å². The smallest absolute Gasteiger partial charge is 0.240 e. The standard InChI is InChI=1S/C22H30N4O4S2/c1-3-30-17-7-8-18-19(14-17)32-22(23-18)24-20(28)15-25-9-11-26(12-10-25)21(29)6-4-5-13-31-16(2)27/h7-8,14H,3-6,9-13,15H2,1-2H3,(H,23,24,28). The Kier molecular flexibility index (Phi) is 9.31. The molecule has 0 bridgehead atoms. The van der Waals surface area contributed by atoms with E-state index in [9.17, 15) is 14.4 Å². The molecule has 1 aromatic heterocycles. The molecule has 174 valence electrons. The van der Waals surface area contributed by atoms with E-state index >= 15 is 0 Å². The van der Waals surface area contributed by atoms with Gasteiger partial charge in [0.25, 0.3) is 0 Å². The van der Waals surface area contributed by atoms with Crippen LogP contribution < -0.4 is 10.1 Å². The van der Waals surface area contributed by atoms with Crippen LogP contribution in [0.3, 0.4) is 0 Å². The average Bonchev–Trinajstić information content (AvgIpc) is 3.15. The topological polar surface area (TPSA) is 91.8 Å². The molecule has 8 nitrogen and oxygen atoms in total. The minimum absolute atomic E-state index is 0.100. The lowest BCUT2D eigenvalue weighted by atomic mass is 10.2. The van der Waals surface area contributed by atoms with Crippen LogP contribution in [0.1, 0.15) is 33.1 Å². The van der Waals surface area contributed by atoms with Gasteiger partial charge in [-0.2, -0.15) is 0 Å². The first-order valence-corrected chi connectivity index (χ1v) is 12.7. The number of aromatic nitrogens is 1. The summed E-state index contributed by atoms with van der Waals surface area (Å²) in [5, 5.41) is 3.59. The lowest BCUT2D eigenvalue weighted by Crippen LogP contribution is -2.50. The van der Waals surface area contributed by atoms with Gasteiger partial charge in [0.05, 0.1) is 23.4 Å². The zero-order valence-corrected chi connectivity index (χ0v) is 20.2. The molecule has 1 saturated heterocycles. The molecule has 0 radical (unpaired) electrons. The molecule has 1 fully saturated rings. The van der Waals surface area contributed by atoms with E-state index in [0.717, 1.165) is 34.6 Å². The molecule has 0 aliphatic carbocycles. The van der Waals surface area contributed by atoms with Crippen LogP contribution >= 0.6 is 23.1 Å². The monoisotopic (exact) mass is 478 g/mol. The molecule has 2 heterocycles. The summed E-state index contributed by atoms with van der Waals surface area (Å²) >= 11 is 2.74. The summed E-state index contributed by atoms with van der Waals surface area (Å²) in [6.07, 6.45) is 2.19. The molecule has 2 amide bonds. The Morgan fingerprint density at radius 3 is 2.69 bits per heavy atom. The van der Waals surface area contributed by atoms with Gasteiger partial charge < -0.3 is 15.0 Å². The number of hydrogen-bond acceptors (Lipinski definition) is 8. The third-order valence-corrected chi connectivity index (χ3v) is 6.93. The number of thiazole rings is 1. The fraction of sp³-hybridized carbons (Fsp3) is 0.545. The van der Waals surface area contributed by atoms with Crippen molar-refractivity contribution in [1.29, 1.82) is 0 Å². The first-order chi connectivity index (χ1) is 15.4. The summed E-state index contributed by atoms with van der Waals surface area (Å²) in [4.78, 5) is 44.2. The predicted octanol–water partition coefficient (Wildman–Crippen LogP) is 3.23. The Morgan fingerprint density at radius 1 is 1.19 bits per heavy atom. The van der Waals surface area contributed by atoms with E-state index in [4.69, 9.17) is 4.74 Å². The molecule has 0 saturated carbocycles. The Hall–Kier alpha value is -2.17. The van der Waals surface area contributed by atoms with E-state index in [1.807, 2.05) is 30.0 Å². The van der Waals surface area contributed by atoms with E-state index in [-0.39, 0.29) is 23.5 Å². The number of thioether (sulfide) groups is 1. The number of rotatable bonds is 10.